The van der Waals surface area contributed by atoms with E-state index in [1.54, 1.807) is 24.3 Å². The second-order valence-electron chi connectivity index (χ2n) is 4.97. The number of nitrogens with zero attached hydrogens (tertiary/aromatic N) is 1. The molecule has 0 atom stereocenters. The zero-order chi connectivity index (χ0) is 17.4. The first kappa shape index (κ1) is 17.0. The lowest BCUT2D eigenvalue weighted by molar-refractivity contribution is -0.140. The monoisotopic (exact) mass is 323 g/mol. The van der Waals surface area contributed by atoms with Crippen molar-refractivity contribution in [2.24, 2.45) is 0 Å². The van der Waals surface area contributed by atoms with E-state index >= 15 is 0 Å². The first-order chi connectivity index (χ1) is 11.6. The highest BCUT2D eigenvalue weighted by molar-refractivity contribution is 5.89. The minimum atomic E-state index is -0.384. The minimum Gasteiger partial charge on any atom is -0.469 e. The third-order valence-corrected chi connectivity index (χ3v) is 3.33. The maximum atomic E-state index is 11.7. The number of nitriles is 1. The summed E-state index contributed by atoms with van der Waals surface area (Å²) in [6, 6.07) is 16.3. The Morgan fingerprint density at radius 2 is 1.62 bits per heavy atom. The summed E-state index contributed by atoms with van der Waals surface area (Å²) in [5.74, 6) is -0.373. The molecule has 6 nitrogen and oxygen atoms in total. The van der Waals surface area contributed by atoms with Crippen LogP contribution >= 0.6 is 0 Å². The van der Waals surface area contributed by atoms with Crippen molar-refractivity contribution >= 4 is 17.7 Å². The van der Waals surface area contributed by atoms with Gasteiger partial charge in [-0.05, 0) is 35.4 Å². The van der Waals surface area contributed by atoms with Crippen LogP contribution in [0.15, 0.2) is 48.5 Å². The third kappa shape index (κ3) is 4.85. The molecule has 0 bridgehead atoms. The zero-order valence-electron chi connectivity index (χ0n) is 13.2. The fourth-order valence-electron chi connectivity index (χ4n) is 2.04. The molecule has 0 radical (unpaired) electrons. The van der Waals surface area contributed by atoms with Crippen molar-refractivity contribution in [3.05, 3.63) is 54.1 Å². The number of esters is 1. The predicted molar refractivity (Wildman–Crippen MR) is 90.2 cm³/mol. The average Bonchev–Trinajstić information content (AvgIpc) is 2.62. The van der Waals surface area contributed by atoms with Gasteiger partial charge in [0.05, 0.1) is 25.2 Å². The van der Waals surface area contributed by atoms with Gasteiger partial charge in [-0.1, -0.05) is 24.3 Å². The van der Waals surface area contributed by atoms with E-state index in [4.69, 9.17) is 5.26 Å². The van der Waals surface area contributed by atoms with Crippen LogP contribution < -0.4 is 10.6 Å². The molecular weight excluding hydrogens is 306 g/mol. The highest BCUT2D eigenvalue weighted by Crippen LogP contribution is 2.21. The van der Waals surface area contributed by atoms with Crippen molar-refractivity contribution in [2.45, 2.75) is 6.42 Å². The molecule has 122 valence electrons. The summed E-state index contributed by atoms with van der Waals surface area (Å²) in [6.07, 6.45) is 0.127. The van der Waals surface area contributed by atoms with E-state index in [0.717, 1.165) is 11.1 Å². The average molecular weight is 323 g/mol. The van der Waals surface area contributed by atoms with E-state index in [0.29, 0.717) is 11.3 Å². The van der Waals surface area contributed by atoms with E-state index in [2.05, 4.69) is 21.4 Å². The van der Waals surface area contributed by atoms with Crippen LogP contribution in [0.25, 0.3) is 11.1 Å². The number of hydrogen-bond acceptors (Lipinski definition) is 4. The van der Waals surface area contributed by atoms with Crippen molar-refractivity contribution in [1.82, 2.24) is 5.32 Å². The molecule has 0 saturated heterocycles. The van der Waals surface area contributed by atoms with Crippen molar-refractivity contribution in [3.8, 4) is 17.2 Å². The van der Waals surface area contributed by atoms with Crippen LogP contribution in [0, 0.1) is 11.3 Å². The van der Waals surface area contributed by atoms with Crippen LogP contribution in [0.5, 0.6) is 0 Å². The summed E-state index contributed by atoms with van der Waals surface area (Å²) in [6.45, 7) is 0.210. The van der Waals surface area contributed by atoms with Crippen molar-refractivity contribution in [1.29, 1.82) is 5.26 Å². The fourth-order valence-corrected chi connectivity index (χ4v) is 2.04. The van der Waals surface area contributed by atoms with E-state index in [9.17, 15) is 9.59 Å². The zero-order valence-corrected chi connectivity index (χ0v) is 13.2. The maximum absolute atomic E-state index is 11.7. The molecule has 2 N–H and O–H groups in total. The van der Waals surface area contributed by atoms with Crippen LogP contribution in [0.2, 0.25) is 0 Å². The molecule has 2 rings (SSSR count). The van der Waals surface area contributed by atoms with Gasteiger partial charge in [-0.3, -0.25) is 4.79 Å². The van der Waals surface area contributed by atoms with Gasteiger partial charge >= 0.3 is 12.0 Å². The smallest absolute Gasteiger partial charge is 0.319 e. The number of ether oxygens (including phenoxy) is 1. The molecule has 0 heterocycles. The van der Waals surface area contributed by atoms with Crippen LogP contribution in [0.4, 0.5) is 10.5 Å². The van der Waals surface area contributed by atoms with Gasteiger partial charge in [0.1, 0.15) is 0 Å². The molecule has 0 aliphatic rings. The number of carbonyl (C=O) groups is 2. The molecule has 2 aromatic rings. The Balaban J connectivity index is 1.90. The first-order valence-electron chi connectivity index (χ1n) is 7.34. The van der Waals surface area contributed by atoms with E-state index in [-0.39, 0.29) is 25.0 Å². The van der Waals surface area contributed by atoms with Gasteiger partial charge in [0, 0.05) is 12.2 Å². The van der Waals surface area contributed by atoms with Crippen LogP contribution in [-0.4, -0.2) is 25.7 Å². The van der Waals surface area contributed by atoms with Gasteiger partial charge in [-0.15, -0.1) is 0 Å². The lowest BCUT2D eigenvalue weighted by atomic mass is 10.0. The highest BCUT2D eigenvalue weighted by Gasteiger charge is 2.04. The Labute approximate surface area is 140 Å². The van der Waals surface area contributed by atoms with E-state index in [1.807, 2.05) is 24.3 Å². The normalized spacial score (nSPS) is 9.67. The quantitative estimate of drug-likeness (QED) is 0.828. The fraction of sp³-hybridized carbons (Fsp3) is 0.167. The molecule has 2 aromatic carbocycles. The number of benzene rings is 2. The summed E-state index contributed by atoms with van der Waals surface area (Å²) in [7, 11) is 1.30. The van der Waals surface area contributed by atoms with Gasteiger partial charge in [0.2, 0.25) is 0 Å². The summed E-state index contributed by atoms with van der Waals surface area (Å²) in [4.78, 5) is 22.7. The highest BCUT2D eigenvalue weighted by atomic mass is 16.5. The summed E-state index contributed by atoms with van der Waals surface area (Å²) < 4.78 is 4.49. The standard InChI is InChI=1S/C18H17N3O3/c1-24-17(22)10-11-20-18(23)21-16-8-6-15(7-9-16)14-4-2-13(12-19)3-5-14/h2-9H,10-11H2,1H3,(H2,20,21,23). The molecule has 6 heteroatoms. The molecule has 2 amide bonds. The predicted octanol–water partition coefficient (Wildman–Crippen LogP) is 2.91. The van der Waals surface area contributed by atoms with Gasteiger partial charge < -0.3 is 15.4 Å². The van der Waals surface area contributed by atoms with E-state index in [1.165, 1.54) is 7.11 Å². The molecular formula is C18H17N3O3. The molecule has 0 aliphatic heterocycles. The second kappa shape index (κ2) is 8.34. The molecule has 0 aromatic heterocycles. The second-order valence-corrected chi connectivity index (χ2v) is 4.97. The van der Waals surface area contributed by atoms with E-state index < -0.39 is 0 Å². The number of hydrogen-bond donors (Lipinski definition) is 2. The molecule has 0 aliphatic carbocycles. The van der Waals surface area contributed by atoms with Crippen molar-refractivity contribution in [2.75, 3.05) is 19.0 Å². The topological polar surface area (TPSA) is 91.2 Å². The number of anilines is 1. The molecule has 0 fully saturated rings. The van der Waals surface area contributed by atoms with Crippen LogP contribution in [-0.2, 0) is 9.53 Å². The van der Waals surface area contributed by atoms with Crippen LogP contribution in [0.3, 0.4) is 0 Å². The lowest BCUT2D eigenvalue weighted by Gasteiger charge is -2.08. The van der Waals surface area contributed by atoms with Crippen LogP contribution in [0.1, 0.15) is 12.0 Å². The summed E-state index contributed by atoms with van der Waals surface area (Å²) in [5.41, 5.74) is 3.22. The number of methoxy groups -OCH3 is 1. The number of nitrogens with one attached hydrogen (secondary N) is 2. The first-order valence-corrected chi connectivity index (χ1v) is 7.34. The number of rotatable bonds is 5. The minimum absolute atomic E-state index is 0.127. The Morgan fingerprint density at radius 3 is 2.17 bits per heavy atom. The Kier molecular flexibility index (Phi) is 5.92. The maximum Gasteiger partial charge on any atom is 0.319 e. The lowest BCUT2D eigenvalue weighted by Crippen LogP contribution is -2.30. The Morgan fingerprint density at radius 1 is 1.04 bits per heavy atom. The van der Waals surface area contributed by atoms with Gasteiger partial charge in [-0.2, -0.15) is 5.26 Å². The van der Waals surface area contributed by atoms with Crippen molar-refractivity contribution < 1.29 is 14.3 Å². The summed E-state index contributed by atoms with van der Waals surface area (Å²) >= 11 is 0. The summed E-state index contributed by atoms with van der Waals surface area (Å²) in [5, 5.41) is 14.1. The number of amides is 2. The van der Waals surface area contributed by atoms with Gasteiger partial charge in [0.25, 0.3) is 0 Å². The molecule has 0 unspecified atom stereocenters. The van der Waals surface area contributed by atoms with Crippen molar-refractivity contribution in [3.63, 3.8) is 0 Å². The third-order valence-electron chi connectivity index (χ3n) is 3.33. The van der Waals surface area contributed by atoms with Gasteiger partial charge in [-0.25, -0.2) is 4.79 Å². The number of urea groups is 1. The SMILES string of the molecule is COC(=O)CCNC(=O)Nc1ccc(-c2ccc(C#N)cc2)cc1. The van der Waals surface area contributed by atoms with Gasteiger partial charge in [0.15, 0.2) is 0 Å². The molecule has 0 saturated carbocycles. The largest absolute Gasteiger partial charge is 0.469 e. The molecule has 0 spiro atoms. The molecule has 24 heavy (non-hydrogen) atoms. The Bertz CT molecular complexity index is 747. The number of carbonyl (C=O) groups excluding carboxylic acids is 2. The Hall–Kier alpha value is -3.33.